The molecule has 1 fully saturated rings. The maximum Gasteiger partial charge on any atom is 0.347 e. The van der Waals surface area contributed by atoms with Gasteiger partial charge in [-0.1, -0.05) is 0 Å². The molecule has 0 spiro atoms. The van der Waals surface area contributed by atoms with Gasteiger partial charge in [-0.2, -0.15) is 0 Å². The lowest BCUT2D eigenvalue weighted by molar-refractivity contribution is -0.148. The van der Waals surface area contributed by atoms with Crippen molar-refractivity contribution in [3.63, 3.8) is 0 Å². The van der Waals surface area contributed by atoms with Crippen molar-refractivity contribution in [1.29, 1.82) is 0 Å². The number of nitrogens with zero attached hydrogens (tertiary/aromatic N) is 2. The minimum Gasteiger partial charge on any atom is -0.323 e. The minimum absolute atomic E-state index is 0.00205. The lowest BCUT2D eigenvalue weighted by Gasteiger charge is -2.34. The van der Waals surface area contributed by atoms with Crippen LogP contribution in [0, 0.1) is 0 Å². The number of hydrogen-bond donors (Lipinski definition) is 2. The minimum atomic E-state index is -3.99. The van der Waals surface area contributed by atoms with Gasteiger partial charge in [-0.3, -0.25) is 18.7 Å². The molecule has 2 amide bonds. The highest BCUT2D eigenvalue weighted by Gasteiger charge is 2.37. The number of carbonyl (C=O) groups is 2. The second kappa shape index (κ2) is 7.68. The third-order valence-electron chi connectivity index (χ3n) is 2.72. The summed E-state index contributed by atoms with van der Waals surface area (Å²) in [6.45, 7) is 2.14. The van der Waals surface area contributed by atoms with Gasteiger partial charge >= 0.3 is 15.2 Å². The molecule has 0 aliphatic carbocycles. The van der Waals surface area contributed by atoms with Crippen LogP contribution in [0.1, 0.15) is 13.8 Å². The fourth-order valence-electron chi connectivity index (χ4n) is 1.88. The zero-order valence-electron chi connectivity index (χ0n) is 12.4. The fraction of sp³-hybridized carbons (Fsp3) is 0.800. The van der Waals surface area contributed by atoms with Crippen LogP contribution in [-0.2, 0) is 27.8 Å². The molecular weight excluding hydrogens is 338 g/mol. The average Bonchev–Trinajstić information content (AvgIpc) is 2.34. The SMILES string of the molecule is CCOP(=O)(O)CN1CC(=O)N(CP(=O)(O)OCC)CC1=O. The summed E-state index contributed by atoms with van der Waals surface area (Å²) in [7, 11) is -7.98. The van der Waals surface area contributed by atoms with E-state index in [0.29, 0.717) is 0 Å². The third kappa shape index (κ3) is 5.79. The van der Waals surface area contributed by atoms with Crippen molar-refractivity contribution in [2.24, 2.45) is 0 Å². The molecule has 1 saturated heterocycles. The zero-order valence-corrected chi connectivity index (χ0v) is 14.2. The largest absolute Gasteiger partial charge is 0.347 e. The molecule has 10 nitrogen and oxygen atoms in total. The van der Waals surface area contributed by atoms with Gasteiger partial charge in [0.05, 0.1) is 13.2 Å². The summed E-state index contributed by atoms with van der Waals surface area (Å²) in [4.78, 5) is 44.6. The molecule has 2 atom stereocenters. The monoisotopic (exact) mass is 358 g/mol. The van der Waals surface area contributed by atoms with E-state index in [1.807, 2.05) is 0 Å². The van der Waals surface area contributed by atoms with Gasteiger partial charge in [0.1, 0.15) is 25.7 Å². The zero-order chi connectivity index (χ0) is 17.0. The predicted molar refractivity (Wildman–Crippen MR) is 76.1 cm³/mol. The molecule has 1 aliphatic heterocycles. The first-order chi connectivity index (χ1) is 10.1. The van der Waals surface area contributed by atoms with Gasteiger partial charge in [0, 0.05) is 0 Å². The molecule has 1 rings (SSSR count). The lowest BCUT2D eigenvalue weighted by Crippen LogP contribution is -2.54. The smallest absolute Gasteiger partial charge is 0.323 e. The van der Waals surface area contributed by atoms with Gasteiger partial charge in [0.2, 0.25) is 11.8 Å². The Morgan fingerprint density at radius 3 is 1.50 bits per heavy atom. The van der Waals surface area contributed by atoms with Crippen molar-refractivity contribution < 1.29 is 37.6 Å². The predicted octanol–water partition coefficient (Wildman–Crippen LogP) is 0.0160. The molecule has 0 aromatic carbocycles. The number of hydrogen-bond acceptors (Lipinski definition) is 6. The van der Waals surface area contributed by atoms with Crippen LogP contribution in [-0.4, -0.2) is 70.3 Å². The van der Waals surface area contributed by atoms with Gasteiger partial charge in [-0.05, 0) is 13.8 Å². The molecule has 22 heavy (non-hydrogen) atoms. The molecule has 0 saturated carbocycles. The van der Waals surface area contributed by atoms with E-state index < -0.39 is 52.7 Å². The van der Waals surface area contributed by atoms with Crippen molar-refractivity contribution >= 4 is 27.0 Å². The van der Waals surface area contributed by atoms with Crippen LogP contribution < -0.4 is 0 Å². The van der Waals surface area contributed by atoms with E-state index in [9.17, 15) is 28.5 Å². The number of carbonyl (C=O) groups excluding carboxylic acids is 2. The normalized spacial score (nSPS) is 21.6. The van der Waals surface area contributed by atoms with E-state index in [-0.39, 0.29) is 13.2 Å². The molecule has 0 aromatic rings. The summed E-state index contributed by atoms with van der Waals surface area (Å²) >= 11 is 0. The number of rotatable bonds is 8. The lowest BCUT2D eigenvalue weighted by atomic mass is 10.3. The average molecular weight is 358 g/mol. The summed E-state index contributed by atoms with van der Waals surface area (Å²) < 4.78 is 32.6. The van der Waals surface area contributed by atoms with Crippen LogP contribution in [0.3, 0.4) is 0 Å². The van der Waals surface area contributed by atoms with E-state index in [1.165, 1.54) is 13.8 Å². The van der Waals surface area contributed by atoms with Crippen molar-refractivity contribution in [1.82, 2.24) is 9.80 Å². The van der Waals surface area contributed by atoms with Crippen molar-refractivity contribution in [3.05, 3.63) is 0 Å². The first-order valence-corrected chi connectivity index (χ1v) is 10.1. The molecule has 0 aromatic heterocycles. The number of piperazine rings is 1. The van der Waals surface area contributed by atoms with Gasteiger partial charge in [-0.15, -0.1) is 0 Å². The highest BCUT2D eigenvalue weighted by atomic mass is 31.2. The highest BCUT2D eigenvalue weighted by Crippen LogP contribution is 2.44. The Morgan fingerprint density at radius 2 is 1.23 bits per heavy atom. The maximum absolute atomic E-state index is 11.9. The van der Waals surface area contributed by atoms with Crippen molar-refractivity contribution in [2.75, 3.05) is 38.9 Å². The van der Waals surface area contributed by atoms with E-state index in [1.54, 1.807) is 0 Å². The molecule has 0 bridgehead atoms. The maximum atomic E-state index is 11.9. The Labute approximate surface area is 128 Å². The third-order valence-corrected chi connectivity index (χ3v) is 5.44. The van der Waals surface area contributed by atoms with E-state index >= 15 is 0 Å². The van der Waals surface area contributed by atoms with Crippen LogP contribution in [0.2, 0.25) is 0 Å². The molecular formula is C10H20N2O8P2. The van der Waals surface area contributed by atoms with Gasteiger partial charge in [0.15, 0.2) is 0 Å². The summed E-state index contributed by atoms with van der Waals surface area (Å²) in [5.41, 5.74) is 0. The molecule has 1 aliphatic rings. The standard InChI is InChI=1S/C10H20N2O8P2/c1-3-19-21(15,16)7-11-5-10(14)12(6-9(11)13)8-22(17,18)20-4-2/h3-8H2,1-2H3,(H,15,16)(H,17,18). The second-order valence-electron chi connectivity index (χ2n) is 4.58. The summed E-state index contributed by atoms with van der Waals surface area (Å²) in [5.74, 6) is -1.21. The summed E-state index contributed by atoms with van der Waals surface area (Å²) in [6, 6.07) is 0. The van der Waals surface area contributed by atoms with Gasteiger partial charge in [0.25, 0.3) is 0 Å². The summed E-state index contributed by atoms with van der Waals surface area (Å²) in [6.07, 6.45) is -1.19. The van der Waals surface area contributed by atoms with Gasteiger partial charge in [-0.25, -0.2) is 0 Å². The first-order valence-electron chi connectivity index (χ1n) is 6.58. The first kappa shape index (κ1) is 19.3. The molecule has 128 valence electrons. The summed E-state index contributed by atoms with van der Waals surface area (Å²) in [5, 5.41) is 0. The topological polar surface area (TPSA) is 134 Å². The molecule has 0 radical (unpaired) electrons. The van der Waals surface area contributed by atoms with E-state index in [4.69, 9.17) is 0 Å². The quantitative estimate of drug-likeness (QED) is 0.580. The Morgan fingerprint density at radius 1 is 0.909 bits per heavy atom. The molecule has 2 unspecified atom stereocenters. The van der Waals surface area contributed by atoms with Crippen LogP contribution in [0.5, 0.6) is 0 Å². The Hall–Kier alpha value is -0.760. The van der Waals surface area contributed by atoms with Crippen LogP contribution in [0.4, 0.5) is 0 Å². The Kier molecular flexibility index (Phi) is 6.73. The van der Waals surface area contributed by atoms with Crippen LogP contribution in [0.15, 0.2) is 0 Å². The second-order valence-corrected chi connectivity index (χ2v) is 8.21. The van der Waals surface area contributed by atoms with Crippen LogP contribution in [0.25, 0.3) is 0 Å². The van der Waals surface area contributed by atoms with Gasteiger partial charge < -0.3 is 28.6 Å². The van der Waals surface area contributed by atoms with E-state index in [2.05, 4.69) is 9.05 Å². The fourth-order valence-corrected chi connectivity index (χ4v) is 4.23. The molecule has 1 heterocycles. The Bertz CT molecular complexity index is 479. The van der Waals surface area contributed by atoms with E-state index in [0.717, 1.165) is 9.80 Å². The Balaban J connectivity index is 2.69. The van der Waals surface area contributed by atoms with Crippen LogP contribution >= 0.6 is 15.2 Å². The molecule has 12 heteroatoms. The molecule has 2 N–H and O–H groups in total. The number of amides is 2. The van der Waals surface area contributed by atoms with Crippen molar-refractivity contribution in [3.8, 4) is 0 Å². The highest BCUT2D eigenvalue weighted by molar-refractivity contribution is 7.53. The van der Waals surface area contributed by atoms with Crippen molar-refractivity contribution in [2.45, 2.75) is 13.8 Å².